The summed E-state index contributed by atoms with van der Waals surface area (Å²) in [4.78, 5) is 13.8. The van der Waals surface area contributed by atoms with Gasteiger partial charge in [-0.15, -0.1) is 0 Å². The summed E-state index contributed by atoms with van der Waals surface area (Å²) in [6.07, 6.45) is 0. The van der Waals surface area contributed by atoms with E-state index in [-0.39, 0.29) is 23.6 Å². The van der Waals surface area contributed by atoms with Crippen LogP contribution in [0.1, 0.15) is 10.4 Å². The first kappa shape index (κ1) is 14.0. The molecule has 0 aliphatic rings. The number of sulfonamides is 1. The first-order valence-electron chi connectivity index (χ1n) is 4.76. The van der Waals surface area contributed by atoms with Gasteiger partial charge in [-0.2, -0.15) is 0 Å². The summed E-state index contributed by atoms with van der Waals surface area (Å²) in [5.74, 6) is -0.840. The number of benzene rings is 1. The van der Waals surface area contributed by atoms with Crippen LogP contribution in [0.5, 0.6) is 0 Å². The standard InChI is InChI=1S/C9H10N4O4S/c10-13-12-5-6-17-9(14)7-3-1-2-4-8(7)18(11,15)16/h1-4H,5-6H2,(H2,11,15,16). The minimum absolute atomic E-state index is 0.0280. The van der Waals surface area contributed by atoms with Gasteiger partial charge < -0.3 is 4.74 Å². The monoisotopic (exact) mass is 270 g/mol. The number of azide groups is 1. The molecule has 8 nitrogen and oxygen atoms in total. The molecule has 9 heteroatoms. The fourth-order valence-corrected chi connectivity index (χ4v) is 1.91. The Labute approximate surface area is 103 Å². The number of ether oxygens (including phenoxy) is 1. The minimum atomic E-state index is -4.00. The van der Waals surface area contributed by atoms with Gasteiger partial charge in [-0.3, -0.25) is 0 Å². The molecule has 1 aromatic carbocycles. The number of nitrogens with two attached hydrogens (primary N) is 1. The third kappa shape index (κ3) is 3.74. The van der Waals surface area contributed by atoms with Crippen LogP contribution < -0.4 is 5.14 Å². The summed E-state index contributed by atoms with van der Waals surface area (Å²) < 4.78 is 27.2. The van der Waals surface area contributed by atoms with Gasteiger partial charge in [-0.1, -0.05) is 17.2 Å². The normalized spacial score (nSPS) is 10.5. The second-order valence-electron chi connectivity index (χ2n) is 3.13. The van der Waals surface area contributed by atoms with Crippen molar-refractivity contribution in [3.63, 3.8) is 0 Å². The van der Waals surface area contributed by atoms with Crippen molar-refractivity contribution >= 4 is 16.0 Å². The number of hydrogen-bond donors (Lipinski definition) is 1. The van der Waals surface area contributed by atoms with E-state index in [1.807, 2.05) is 0 Å². The van der Waals surface area contributed by atoms with Crippen LogP contribution in [0.3, 0.4) is 0 Å². The van der Waals surface area contributed by atoms with Crippen molar-refractivity contribution in [3.05, 3.63) is 40.3 Å². The average molecular weight is 270 g/mol. The molecule has 1 aromatic rings. The van der Waals surface area contributed by atoms with Crippen molar-refractivity contribution < 1.29 is 17.9 Å². The van der Waals surface area contributed by atoms with Crippen molar-refractivity contribution in [2.24, 2.45) is 10.3 Å². The second kappa shape index (κ2) is 6.01. The van der Waals surface area contributed by atoms with Crippen LogP contribution in [0.4, 0.5) is 0 Å². The van der Waals surface area contributed by atoms with Crippen LogP contribution in [-0.4, -0.2) is 27.5 Å². The van der Waals surface area contributed by atoms with E-state index in [0.29, 0.717) is 0 Å². The lowest BCUT2D eigenvalue weighted by molar-refractivity contribution is 0.0512. The maximum absolute atomic E-state index is 11.6. The number of primary sulfonamides is 1. The first-order valence-corrected chi connectivity index (χ1v) is 6.31. The van der Waals surface area contributed by atoms with E-state index < -0.39 is 16.0 Å². The number of hydrogen-bond acceptors (Lipinski definition) is 5. The fraction of sp³-hybridized carbons (Fsp3) is 0.222. The molecule has 0 atom stereocenters. The molecule has 0 aliphatic heterocycles. The number of esters is 1. The summed E-state index contributed by atoms with van der Waals surface area (Å²) in [7, 11) is -4.00. The van der Waals surface area contributed by atoms with Gasteiger partial charge in [-0.05, 0) is 17.7 Å². The van der Waals surface area contributed by atoms with Gasteiger partial charge in [0.15, 0.2) is 0 Å². The smallest absolute Gasteiger partial charge is 0.339 e. The molecule has 0 aromatic heterocycles. The molecule has 0 saturated carbocycles. The molecule has 0 aliphatic carbocycles. The summed E-state index contributed by atoms with van der Waals surface area (Å²) in [6, 6.07) is 5.42. The molecule has 1 rings (SSSR count). The van der Waals surface area contributed by atoms with Gasteiger partial charge in [0.2, 0.25) is 10.0 Å². The summed E-state index contributed by atoms with van der Waals surface area (Å²) in [6.45, 7) is -0.165. The van der Waals surface area contributed by atoms with Crippen molar-refractivity contribution in [1.29, 1.82) is 0 Å². The van der Waals surface area contributed by atoms with Crippen molar-refractivity contribution in [2.45, 2.75) is 4.90 Å². The maximum atomic E-state index is 11.6. The Balaban J connectivity index is 2.89. The van der Waals surface area contributed by atoms with Gasteiger partial charge in [0.1, 0.15) is 0 Å². The van der Waals surface area contributed by atoms with E-state index in [1.165, 1.54) is 24.3 Å². The van der Waals surface area contributed by atoms with Crippen LogP contribution in [0.15, 0.2) is 34.3 Å². The predicted octanol–water partition coefficient (Wildman–Crippen LogP) is 0.801. The number of carbonyl (C=O) groups is 1. The molecule has 18 heavy (non-hydrogen) atoms. The van der Waals surface area contributed by atoms with Crippen LogP contribution in [0, 0.1) is 0 Å². The van der Waals surface area contributed by atoms with Gasteiger partial charge in [0.25, 0.3) is 0 Å². The molecule has 0 saturated heterocycles. The molecule has 0 fully saturated rings. The third-order valence-electron chi connectivity index (χ3n) is 1.90. The lowest BCUT2D eigenvalue weighted by Gasteiger charge is -2.06. The molecule has 0 bridgehead atoms. The first-order chi connectivity index (χ1) is 8.46. The van der Waals surface area contributed by atoms with E-state index >= 15 is 0 Å². The van der Waals surface area contributed by atoms with Gasteiger partial charge in [-0.25, -0.2) is 18.4 Å². The molecular weight excluding hydrogens is 260 g/mol. The Morgan fingerprint density at radius 1 is 1.44 bits per heavy atom. The van der Waals surface area contributed by atoms with E-state index in [2.05, 4.69) is 10.0 Å². The summed E-state index contributed by atoms with van der Waals surface area (Å²) >= 11 is 0. The molecule has 0 spiro atoms. The molecule has 0 unspecified atom stereocenters. The minimum Gasteiger partial charge on any atom is -0.462 e. The Hall–Kier alpha value is -2.09. The number of rotatable bonds is 5. The highest BCUT2D eigenvalue weighted by atomic mass is 32.2. The van der Waals surface area contributed by atoms with Crippen LogP contribution in [0.2, 0.25) is 0 Å². The van der Waals surface area contributed by atoms with E-state index in [0.717, 1.165) is 0 Å². The Morgan fingerprint density at radius 3 is 2.72 bits per heavy atom. The third-order valence-corrected chi connectivity index (χ3v) is 2.87. The molecule has 0 radical (unpaired) electrons. The Morgan fingerprint density at radius 2 is 2.11 bits per heavy atom. The topological polar surface area (TPSA) is 135 Å². The fourth-order valence-electron chi connectivity index (χ4n) is 1.19. The van der Waals surface area contributed by atoms with Crippen LogP contribution >= 0.6 is 0 Å². The quantitative estimate of drug-likeness (QED) is 0.278. The second-order valence-corrected chi connectivity index (χ2v) is 4.66. The zero-order chi connectivity index (χ0) is 13.6. The summed E-state index contributed by atoms with van der Waals surface area (Å²) in [5.41, 5.74) is 7.87. The molecule has 2 N–H and O–H groups in total. The Bertz CT molecular complexity index is 592. The zero-order valence-corrected chi connectivity index (χ0v) is 10.0. The van der Waals surface area contributed by atoms with E-state index in [9.17, 15) is 13.2 Å². The van der Waals surface area contributed by atoms with Gasteiger partial charge in [0.05, 0.1) is 23.6 Å². The number of nitrogens with zero attached hydrogens (tertiary/aromatic N) is 3. The van der Waals surface area contributed by atoms with E-state index in [1.54, 1.807) is 0 Å². The zero-order valence-electron chi connectivity index (χ0n) is 9.18. The predicted molar refractivity (Wildman–Crippen MR) is 62.1 cm³/mol. The highest BCUT2D eigenvalue weighted by molar-refractivity contribution is 7.89. The van der Waals surface area contributed by atoms with Gasteiger partial charge in [0, 0.05) is 4.91 Å². The lowest BCUT2D eigenvalue weighted by Crippen LogP contribution is -2.18. The molecule has 0 amide bonds. The van der Waals surface area contributed by atoms with E-state index in [4.69, 9.17) is 15.4 Å². The summed E-state index contributed by atoms with van der Waals surface area (Å²) in [5, 5.41) is 8.14. The maximum Gasteiger partial charge on any atom is 0.339 e. The molecule has 96 valence electrons. The van der Waals surface area contributed by atoms with Gasteiger partial charge >= 0.3 is 5.97 Å². The highest BCUT2D eigenvalue weighted by Crippen LogP contribution is 2.14. The van der Waals surface area contributed by atoms with Crippen LogP contribution in [-0.2, 0) is 14.8 Å². The molecule has 0 heterocycles. The van der Waals surface area contributed by atoms with Crippen molar-refractivity contribution in [2.75, 3.05) is 13.2 Å². The van der Waals surface area contributed by atoms with Crippen molar-refractivity contribution in [3.8, 4) is 0 Å². The Kier molecular flexibility index (Phi) is 4.67. The van der Waals surface area contributed by atoms with Crippen molar-refractivity contribution in [1.82, 2.24) is 0 Å². The average Bonchev–Trinajstić information content (AvgIpc) is 2.33. The SMILES string of the molecule is [N-]=[N+]=NCCOC(=O)c1ccccc1S(N)(=O)=O. The van der Waals surface area contributed by atoms with Crippen LogP contribution in [0.25, 0.3) is 10.4 Å². The molecular formula is C9H10N4O4S. The number of carbonyl (C=O) groups excluding carboxylic acids is 1. The lowest BCUT2D eigenvalue weighted by atomic mass is 10.2. The highest BCUT2D eigenvalue weighted by Gasteiger charge is 2.19. The largest absolute Gasteiger partial charge is 0.462 e.